The summed E-state index contributed by atoms with van der Waals surface area (Å²) in [5.74, 6) is -0.115. The molecule has 0 bridgehead atoms. The van der Waals surface area contributed by atoms with Crippen LogP contribution in [0.3, 0.4) is 0 Å². The molecule has 1 aromatic carbocycles. The van der Waals surface area contributed by atoms with E-state index in [1.165, 1.54) is 24.5 Å². The second-order valence-electron chi connectivity index (χ2n) is 3.51. The predicted octanol–water partition coefficient (Wildman–Crippen LogP) is 1.94. The summed E-state index contributed by atoms with van der Waals surface area (Å²) in [5.41, 5.74) is 0.680. The Bertz CT molecular complexity index is 533. The Morgan fingerprint density at radius 3 is 2.72 bits per heavy atom. The van der Waals surface area contributed by atoms with Crippen molar-refractivity contribution in [1.82, 2.24) is 15.3 Å². The zero-order chi connectivity index (χ0) is 12.8. The average Bonchev–Trinajstić information content (AvgIpc) is 2.38. The van der Waals surface area contributed by atoms with Crippen molar-refractivity contribution in [3.8, 4) is 0 Å². The molecule has 1 heterocycles. The molecule has 5 nitrogen and oxygen atoms in total. The second-order valence-corrected chi connectivity index (χ2v) is 3.51. The summed E-state index contributed by atoms with van der Waals surface area (Å²) in [5, 5.41) is 5.04. The first-order valence-corrected chi connectivity index (χ1v) is 5.30. The van der Waals surface area contributed by atoms with Gasteiger partial charge in [-0.05, 0) is 23.8 Å². The van der Waals surface area contributed by atoms with Crippen molar-refractivity contribution in [3.63, 3.8) is 0 Å². The fraction of sp³-hybridized carbons (Fsp3) is 0.0833. The maximum Gasteiger partial charge on any atom is 0.321 e. The zero-order valence-electron chi connectivity index (χ0n) is 9.43. The Kier molecular flexibility index (Phi) is 3.80. The number of urea groups is 1. The summed E-state index contributed by atoms with van der Waals surface area (Å²) in [6.45, 7) is 0.233. The molecule has 2 N–H and O–H groups in total. The third-order valence-corrected chi connectivity index (χ3v) is 2.13. The number of amides is 2. The van der Waals surface area contributed by atoms with Gasteiger partial charge in [0.2, 0.25) is 5.95 Å². The molecular formula is C12H11FN4O. The quantitative estimate of drug-likeness (QED) is 0.869. The number of carbonyl (C=O) groups is 1. The van der Waals surface area contributed by atoms with Gasteiger partial charge < -0.3 is 5.32 Å². The lowest BCUT2D eigenvalue weighted by Crippen LogP contribution is -2.28. The molecule has 2 amide bonds. The van der Waals surface area contributed by atoms with Crippen molar-refractivity contribution in [2.75, 3.05) is 5.32 Å². The maximum atomic E-state index is 12.9. The molecule has 0 aliphatic carbocycles. The van der Waals surface area contributed by atoms with Crippen molar-refractivity contribution in [3.05, 3.63) is 54.1 Å². The van der Waals surface area contributed by atoms with Crippen molar-refractivity contribution in [2.24, 2.45) is 0 Å². The number of benzene rings is 1. The van der Waals surface area contributed by atoms with Gasteiger partial charge in [-0.25, -0.2) is 19.2 Å². The highest BCUT2D eigenvalue weighted by Gasteiger charge is 2.03. The lowest BCUT2D eigenvalue weighted by Gasteiger charge is -2.06. The molecule has 0 fully saturated rings. The molecule has 2 rings (SSSR count). The second kappa shape index (κ2) is 5.72. The van der Waals surface area contributed by atoms with E-state index in [0.717, 1.165) is 0 Å². The highest BCUT2D eigenvalue weighted by Crippen LogP contribution is 2.03. The van der Waals surface area contributed by atoms with Crippen LogP contribution in [0, 0.1) is 5.82 Å². The lowest BCUT2D eigenvalue weighted by atomic mass is 10.2. The van der Waals surface area contributed by atoms with E-state index >= 15 is 0 Å². The number of anilines is 1. The predicted molar refractivity (Wildman–Crippen MR) is 64.3 cm³/mol. The Morgan fingerprint density at radius 1 is 1.22 bits per heavy atom. The van der Waals surface area contributed by atoms with E-state index in [1.54, 1.807) is 18.2 Å². The van der Waals surface area contributed by atoms with Crippen LogP contribution < -0.4 is 10.6 Å². The molecule has 0 unspecified atom stereocenters. The van der Waals surface area contributed by atoms with Gasteiger partial charge in [0.25, 0.3) is 0 Å². The summed E-state index contributed by atoms with van der Waals surface area (Å²) in [4.78, 5) is 19.2. The van der Waals surface area contributed by atoms with Gasteiger partial charge in [0.1, 0.15) is 5.82 Å². The van der Waals surface area contributed by atoms with E-state index in [4.69, 9.17) is 0 Å². The van der Waals surface area contributed by atoms with Gasteiger partial charge in [0.05, 0.1) is 0 Å². The molecule has 0 aliphatic rings. The molecule has 0 saturated heterocycles. The van der Waals surface area contributed by atoms with Crippen molar-refractivity contribution >= 4 is 12.0 Å². The minimum absolute atomic E-state index is 0.217. The summed E-state index contributed by atoms with van der Waals surface area (Å²) < 4.78 is 12.9. The smallest absolute Gasteiger partial charge is 0.321 e. The molecule has 1 aromatic heterocycles. The fourth-order valence-electron chi connectivity index (χ4n) is 1.34. The molecule has 0 radical (unpaired) electrons. The number of carbonyl (C=O) groups excluding carboxylic acids is 1. The summed E-state index contributed by atoms with van der Waals surface area (Å²) in [7, 11) is 0. The third kappa shape index (κ3) is 3.51. The van der Waals surface area contributed by atoms with Gasteiger partial charge >= 0.3 is 6.03 Å². The van der Waals surface area contributed by atoms with Crippen LogP contribution in [0.2, 0.25) is 0 Å². The van der Waals surface area contributed by atoms with Gasteiger partial charge in [-0.2, -0.15) is 0 Å². The first-order valence-electron chi connectivity index (χ1n) is 5.30. The summed E-state index contributed by atoms with van der Waals surface area (Å²) in [6, 6.07) is 7.23. The number of hydrogen-bond acceptors (Lipinski definition) is 3. The van der Waals surface area contributed by atoms with E-state index in [9.17, 15) is 9.18 Å². The Hall–Kier alpha value is -2.50. The van der Waals surface area contributed by atoms with E-state index in [0.29, 0.717) is 5.56 Å². The molecule has 6 heteroatoms. The lowest BCUT2D eigenvalue weighted by molar-refractivity contribution is 0.251. The zero-order valence-corrected chi connectivity index (χ0v) is 9.43. The topological polar surface area (TPSA) is 66.9 Å². The fourth-order valence-corrected chi connectivity index (χ4v) is 1.34. The van der Waals surface area contributed by atoms with Crippen LogP contribution in [0.15, 0.2) is 42.7 Å². The molecule has 0 saturated carbocycles. The largest absolute Gasteiger partial charge is 0.334 e. The summed E-state index contributed by atoms with van der Waals surface area (Å²) in [6.07, 6.45) is 3.05. The van der Waals surface area contributed by atoms with Crippen LogP contribution in [0.25, 0.3) is 0 Å². The van der Waals surface area contributed by atoms with Gasteiger partial charge in [0.15, 0.2) is 0 Å². The van der Waals surface area contributed by atoms with E-state index < -0.39 is 6.03 Å². The standard InChI is InChI=1S/C12H11FN4O/c13-10-4-1-3-9(7-10)8-16-12(18)17-11-14-5-2-6-15-11/h1-7H,8H2,(H2,14,15,16,17,18). The normalized spacial score (nSPS) is 9.83. The maximum absolute atomic E-state index is 12.9. The van der Waals surface area contributed by atoms with Crippen LogP contribution in [-0.2, 0) is 6.54 Å². The molecule has 18 heavy (non-hydrogen) atoms. The van der Waals surface area contributed by atoms with E-state index in [2.05, 4.69) is 20.6 Å². The van der Waals surface area contributed by atoms with Crippen LogP contribution >= 0.6 is 0 Å². The molecular weight excluding hydrogens is 235 g/mol. The van der Waals surface area contributed by atoms with Crippen molar-refractivity contribution in [2.45, 2.75) is 6.54 Å². The SMILES string of the molecule is O=C(NCc1cccc(F)c1)Nc1ncccn1. The average molecular weight is 246 g/mol. The van der Waals surface area contributed by atoms with Crippen molar-refractivity contribution < 1.29 is 9.18 Å². The Labute approximate surface area is 103 Å². The highest BCUT2D eigenvalue weighted by molar-refractivity contribution is 5.87. The van der Waals surface area contributed by atoms with Gasteiger partial charge in [-0.1, -0.05) is 12.1 Å². The van der Waals surface area contributed by atoms with Crippen LogP contribution in [0.1, 0.15) is 5.56 Å². The first-order chi connectivity index (χ1) is 8.74. The minimum atomic E-state index is -0.439. The number of aromatic nitrogens is 2. The third-order valence-electron chi connectivity index (χ3n) is 2.13. The minimum Gasteiger partial charge on any atom is -0.334 e. The molecule has 2 aromatic rings. The first kappa shape index (κ1) is 12.0. The van der Waals surface area contributed by atoms with Gasteiger partial charge in [-0.3, -0.25) is 5.32 Å². The van der Waals surface area contributed by atoms with E-state index in [1.807, 2.05) is 0 Å². The number of nitrogens with zero attached hydrogens (tertiary/aromatic N) is 2. The molecule has 0 aliphatic heterocycles. The highest BCUT2D eigenvalue weighted by atomic mass is 19.1. The van der Waals surface area contributed by atoms with Crippen molar-refractivity contribution in [1.29, 1.82) is 0 Å². The molecule has 0 spiro atoms. The monoisotopic (exact) mass is 246 g/mol. The number of nitrogens with one attached hydrogen (secondary N) is 2. The van der Waals surface area contributed by atoms with Crippen LogP contribution in [0.4, 0.5) is 15.1 Å². The number of halogens is 1. The van der Waals surface area contributed by atoms with Crippen LogP contribution in [-0.4, -0.2) is 16.0 Å². The number of hydrogen-bond donors (Lipinski definition) is 2. The Morgan fingerprint density at radius 2 is 2.00 bits per heavy atom. The van der Waals surface area contributed by atoms with Crippen LogP contribution in [0.5, 0.6) is 0 Å². The number of rotatable bonds is 3. The van der Waals surface area contributed by atoms with Gasteiger partial charge in [0, 0.05) is 18.9 Å². The van der Waals surface area contributed by atoms with Gasteiger partial charge in [-0.15, -0.1) is 0 Å². The summed E-state index contributed by atoms with van der Waals surface area (Å²) >= 11 is 0. The molecule has 0 atom stereocenters. The van der Waals surface area contributed by atoms with E-state index in [-0.39, 0.29) is 18.3 Å². The Balaban J connectivity index is 1.85. The molecule has 92 valence electrons.